The van der Waals surface area contributed by atoms with Crippen molar-refractivity contribution in [2.24, 2.45) is 0 Å². The molecule has 2 heterocycles. The second-order valence-corrected chi connectivity index (χ2v) is 7.29. The zero-order chi connectivity index (χ0) is 17.2. The van der Waals surface area contributed by atoms with Crippen molar-refractivity contribution in [2.75, 3.05) is 0 Å². The summed E-state index contributed by atoms with van der Waals surface area (Å²) in [5.74, 6) is -0.112. The normalized spacial score (nSPS) is 14.9. The van der Waals surface area contributed by atoms with Crippen molar-refractivity contribution in [1.82, 2.24) is 15.1 Å². The van der Waals surface area contributed by atoms with Crippen molar-refractivity contribution in [2.45, 2.75) is 38.3 Å². The number of benzene rings is 1. The van der Waals surface area contributed by atoms with Crippen molar-refractivity contribution < 1.29 is 4.79 Å². The van der Waals surface area contributed by atoms with Crippen LogP contribution in [0.15, 0.2) is 46.6 Å². The van der Waals surface area contributed by atoms with Crippen LogP contribution in [-0.2, 0) is 6.54 Å². The Balaban J connectivity index is 1.70. The van der Waals surface area contributed by atoms with Gasteiger partial charge in [-0.2, -0.15) is 5.10 Å². The molecule has 0 radical (unpaired) electrons. The number of rotatable bonds is 4. The average molecular weight is 353 g/mol. The first-order valence-electron chi connectivity index (χ1n) is 8.56. The highest BCUT2D eigenvalue weighted by Crippen LogP contribution is 2.28. The van der Waals surface area contributed by atoms with Gasteiger partial charge in [-0.3, -0.25) is 9.59 Å². The van der Waals surface area contributed by atoms with Crippen molar-refractivity contribution in [3.63, 3.8) is 0 Å². The van der Waals surface area contributed by atoms with Crippen LogP contribution in [-0.4, -0.2) is 15.7 Å². The number of hydrogen-bond acceptors (Lipinski definition) is 4. The zero-order valence-corrected chi connectivity index (χ0v) is 14.6. The first-order chi connectivity index (χ1) is 12.2. The number of nitrogens with one attached hydrogen (secondary N) is 1. The Morgan fingerprint density at radius 2 is 1.92 bits per heavy atom. The van der Waals surface area contributed by atoms with E-state index in [0.29, 0.717) is 16.8 Å². The third-order valence-corrected chi connectivity index (χ3v) is 5.61. The van der Waals surface area contributed by atoms with Gasteiger partial charge in [-0.05, 0) is 30.4 Å². The lowest BCUT2D eigenvalue weighted by molar-refractivity contribution is 0.0954. The predicted molar refractivity (Wildman–Crippen MR) is 99.0 cm³/mol. The molecule has 1 aliphatic carbocycles. The van der Waals surface area contributed by atoms with Crippen molar-refractivity contribution >= 4 is 28.0 Å². The highest BCUT2D eigenvalue weighted by atomic mass is 32.1. The van der Waals surface area contributed by atoms with Crippen LogP contribution in [0.25, 0.3) is 10.8 Å². The Morgan fingerprint density at radius 1 is 1.16 bits per heavy atom. The second-order valence-electron chi connectivity index (χ2n) is 6.34. The van der Waals surface area contributed by atoms with Gasteiger partial charge in [0.05, 0.1) is 28.5 Å². The molecule has 3 aromatic rings. The summed E-state index contributed by atoms with van der Waals surface area (Å²) < 4.78 is 1.64. The van der Waals surface area contributed by atoms with E-state index in [4.69, 9.17) is 0 Å². The van der Waals surface area contributed by atoms with Crippen LogP contribution in [0.2, 0.25) is 0 Å². The number of carbonyl (C=O) groups is 1. The molecule has 1 N–H and O–H groups in total. The Labute approximate surface area is 149 Å². The molecule has 128 valence electrons. The molecule has 2 aromatic heterocycles. The molecule has 1 fully saturated rings. The van der Waals surface area contributed by atoms with Gasteiger partial charge in [0.15, 0.2) is 0 Å². The maximum Gasteiger partial charge on any atom is 0.274 e. The lowest BCUT2D eigenvalue weighted by Gasteiger charge is -2.16. The zero-order valence-electron chi connectivity index (χ0n) is 13.8. The maximum atomic E-state index is 12.8. The molecule has 25 heavy (non-hydrogen) atoms. The SMILES string of the molecule is O=C(NCc1nn(C2CCCC2)c(=O)c2ccccc12)c1cccs1. The van der Waals surface area contributed by atoms with Crippen molar-refractivity contribution in [1.29, 1.82) is 0 Å². The van der Waals surface area contributed by atoms with Crippen LogP contribution in [0.4, 0.5) is 0 Å². The molecule has 1 amide bonds. The summed E-state index contributed by atoms with van der Waals surface area (Å²) in [7, 11) is 0. The first kappa shape index (κ1) is 16.0. The Bertz CT molecular complexity index is 956. The molecule has 1 saturated carbocycles. The Morgan fingerprint density at radius 3 is 2.64 bits per heavy atom. The number of amides is 1. The van der Waals surface area contributed by atoms with Crippen molar-refractivity contribution in [3.8, 4) is 0 Å². The number of hydrogen-bond donors (Lipinski definition) is 1. The fourth-order valence-corrected chi connectivity index (χ4v) is 4.10. The third-order valence-electron chi connectivity index (χ3n) is 4.74. The minimum absolute atomic E-state index is 0.0316. The summed E-state index contributed by atoms with van der Waals surface area (Å²) in [6.45, 7) is 0.310. The molecule has 0 unspecified atom stereocenters. The van der Waals surface area contributed by atoms with Crippen LogP contribution in [0.5, 0.6) is 0 Å². The molecule has 6 heteroatoms. The van der Waals surface area contributed by atoms with Crippen LogP contribution in [0.1, 0.15) is 47.1 Å². The molecule has 0 bridgehead atoms. The standard InChI is InChI=1S/C19H19N3O2S/c23-18(17-10-5-11-25-17)20-12-16-14-8-3-4-9-15(14)19(24)22(21-16)13-6-1-2-7-13/h3-5,8-11,13H,1-2,6-7,12H2,(H,20,23). The topological polar surface area (TPSA) is 64.0 Å². The summed E-state index contributed by atoms with van der Waals surface area (Å²) >= 11 is 1.41. The van der Waals surface area contributed by atoms with Crippen molar-refractivity contribution in [3.05, 3.63) is 62.7 Å². The summed E-state index contributed by atoms with van der Waals surface area (Å²) in [5.41, 5.74) is 0.711. The summed E-state index contributed by atoms with van der Waals surface area (Å²) in [5, 5.41) is 10.9. The first-order valence-corrected chi connectivity index (χ1v) is 9.44. The summed E-state index contributed by atoms with van der Waals surface area (Å²) in [6.07, 6.45) is 4.25. The summed E-state index contributed by atoms with van der Waals surface area (Å²) in [6, 6.07) is 11.3. The van der Waals surface area contributed by atoms with E-state index in [-0.39, 0.29) is 17.5 Å². The average Bonchev–Trinajstić information content (AvgIpc) is 3.35. The largest absolute Gasteiger partial charge is 0.346 e. The summed E-state index contributed by atoms with van der Waals surface area (Å²) in [4.78, 5) is 25.7. The van der Waals surface area contributed by atoms with E-state index in [1.165, 1.54) is 11.3 Å². The van der Waals surface area contributed by atoms with Gasteiger partial charge in [-0.1, -0.05) is 37.1 Å². The van der Waals surface area contributed by atoms with Gasteiger partial charge < -0.3 is 5.32 Å². The fraction of sp³-hybridized carbons (Fsp3) is 0.316. The molecule has 0 spiro atoms. The molecular formula is C19H19N3O2S. The minimum Gasteiger partial charge on any atom is -0.346 e. The van der Waals surface area contributed by atoms with Gasteiger partial charge in [0.1, 0.15) is 0 Å². The highest BCUT2D eigenvalue weighted by molar-refractivity contribution is 7.12. The molecule has 0 atom stereocenters. The van der Waals surface area contributed by atoms with Gasteiger partial charge in [0, 0.05) is 5.39 Å². The number of nitrogens with zero attached hydrogens (tertiary/aromatic N) is 2. The fourth-order valence-electron chi connectivity index (χ4n) is 3.46. The predicted octanol–water partition coefficient (Wildman–Crippen LogP) is 3.50. The molecule has 4 rings (SSSR count). The van der Waals surface area contributed by atoms with E-state index < -0.39 is 0 Å². The maximum absolute atomic E-state index is 12.8. The van der Waals surface area contributed by atoms with Gasteiger partial charge in [-0.25, -0.2) is 4.68 Å². The second kappa shape index (κ2) is 6.80. The number of fused-ring (bicyclic) bond motifs is 1. The van der Waals surface area contributed by atoms with E-state index in [0.717, 1.165) is 36.8 Å². The molecule has 1 aliphatic rings. The number of carbonyl (C=O) groups excluding carboxylic acids is 1. The van der Waals surface area contributed by atoms with E-state index in [9.17, 15) is 9.59 Å². The van der Waals surface area contributed by atoms with Crippen LogP contribution in [0.3, 0.4) is 0 Å². The molecule has 0 saturated heterocycles. The highest BCUT2D eigenvalue weighted by Gasteiger charge is 2.21. The molecular weight excluding hydrogens is 334 g/mol. The van der Waals surface area contributed by atoms with Crippen LogP contribution < -0.4 is 10.9 Å². The van der Waals surface area contributed by atoms with Crippen LogP contribution in [0, 0.1) is 0 Å². The van der Waals surface area contributed by atoms with Gasteiger partial charge in [0.2, 0.25) is 0 Å². The quantitative estimate of drug-likeness (QED) is 0.781. The van der Waals surface area contributed by atoms with Gasteiger partial charge in [-0.15, -0.1) is 11.3 Å². The van der Waals surface area contributed by atoms with E-state index in [2.05, 4.69) is 10.4 Å². The van der Waals surface area contributed by atoms with E-state index >= 15 is 0 Å². The Kier molecular flexibility index (Phi) is 4.36. The molecule has 5 nitrogen and oxygen atoms in total. The molecule has 0 aliphatic heterocycles. The number of aromatic nitrogens is 2. The number of thiophene rings is 1. The molecule has 1 aromatic carbocycles. The van der Waals surface area contributed by atoms with E-state index in [1.807, 2.05) is 35.7 Å². The minimum atomic E-state index is -0.112. The third kappa shape index (κ3) is 3.09. The van der Waals surface area contributed by atoms with E-state index in [1.54, 1.807) is 10.7 Å². The Hall–Kier alpha value is -2.47. The van der Waals surface area contributed by atoms with Gasteiger partial charge in [0.25, 0.3) is 11.5 Å². The monoisotopic (exact) mass is 353 g/mol. The van der Waals surface area contributed by atoms with Gasteiger partial charge >= 0.3 is 0 Å². The lowest BCUT2D eigenvalue weighted by atomic mass is 10.1. The lowest BCUT2D eigenvalue weighted by Crippen LogP contribution is -2.30. The van der Waals surface area contributed by atoms with Crippen LogP contribution >= 0.6 is 11.3 Å². The smallest absolute Gasteiger partial charge is 0.274 e.